The Kier molecular flexibility index (Phi) is 5.42. The summed E-state index contributed by atoms with van der Waals surface area (Å²) in [7, 11) is 4.46. The normalized spacial score (nSPS) is 29.0. The zero-order valence-corrected chi connectivity index (χ0v) is 12.0. The van der Waals surface area contributed by atoms with Crippen LogP contribution in [0.4, 0.5) is 0 Å². The number of likely N-dealkylation sites (N-methyl/N-ethyl adjacent to an activating group) is 1. The predicted molar refractivity (Wildman–Crippen MR) is 74.6 cm³/mol. The Balaban J connectivity index is 1.79. The van der Waals surface area contributed by atoms with E-state index in [-0.39, 0.29) is 0 Å². The van der Waals surface area contributed by atoms with E-state index in [1.165, 1.54) is 38.9 Å². The summed E-state index contributed by atoms with van der Waals surface area (Å²) in [4.78, 5) is 4.93. The molecule has 2 fully saturated rings. The van der Waals surface area contributed by atoms with Crippen LogP contribution in [0.15, 0.2) is 0 Å². The van der Waals surface area contributed by atoms with Gasteiger partial charge in [-0.2, -0.15) is 0 Å². The van der Waals surface area contributed by atoms with Crippen LogP contribution in [0.3, 0.4) is 0 Å². The number of likely N-dealkylation sites (tertiary alicyclic amines) is 1. The largest absolute Gasteiger partial charge is 0.381 e. The first-order valence-corrected chi connectivity index (χ1v) is 7.37. The first kappa shape index (κ1) is 14.3. The van der Waals surface area contributed by atoms with Crippen molar-refractivity contribution in [1.29, 1.82) is 0 Å². The third-order valence-corrected chi connectivity index (χ3v) is 4.70. The third kappa shape index (κ3) is 3.67. The van der Waals surface area contributed by atoms with Gasteiger partial charge in [-0.3, -0.25) is 0 Å². The second kappa shape index (κ2) is 6.85. The average Bonchev–Trinajstić information content (AvgIpc) is 2.87. The van der Waals surface area contributed by atoms with E-state index in [4.69, 9.17) is 10.5 Å². The molecule has 2 rings (SSSR count). The Morgan fingerprint density at radius 2 is 2.06 bits per heavy atom. The van der Waals surface area contributed by atoms with Crippen LogP contribution in [-0.2, 0) is 4.74 Å². The van der Waals surface area contributed by atoms with Crippen LogP contribution in [-0.4, -0.2) is 69.3 Å². The molecule has 4 nitrogen and oxygen atoms in total. The Hall–Kier alpha value is -0.160. The van der Waals surface area contributed by atoms with Crippen LogP contribution in [0, 0.1) is 11.8 Å². The van der Waals surface area contributed by atoms with Crippen molar-refractivity contribution in [2.45, 2.75) is 25.3 Å². The molecule has 2 aliphatic rings. The molecule has 0 aromatic heterocycles. The maximum atomic E-state index is 5.98. The maximum Gasteiger partial charge on any atom is 0.0510 e. The summed E-state index contributed by atoms with van der Waals surface area (Å²) < 4.78 is 5.51. The van der Waals surface area contributed by atoms with Crippen LogP contribution in [0.25, 0.3) is 0 Å². The number of nitrogens with two attached hydrogens (primary N) is 1. The zero-order chi connectivity index (χ0) is 13.0. The first-order valence-electron chi connectivity index (χ1n) is 7.37. The molecule has 0 bridgehead atoms. The van der Waals surface area contributed by atoms with Gasteiger partial charge in [-0.15, -0.1) is 0 Å². The van der Waals surface area contributed by atoms with E-state index in [1.54, 1.807) is 0 Å². The molecule has 0 aromatic carbocycles. The average molecular weight is 255 g/mol. The minimum Gasteiger partial charge on any atom is -0.381 e. The van der Waals surface area contributed by atoms with Gasteiger partial charge >= 0.3 is 0 Å². The summed E-state index contributed by atoms with van der Waals surface area (Å²) in [6.45, 7) is 6.28. The predicted octanol–water partition coefficient (Wildman–Crippen LogP) is 0.624. The maximum absolute atomic E-state index is 5.98. The molecule has 2 unspecified atom stereocenters. The SMILES string of the molecule is CN1CCC(CN(C)C(CN)C2CCOC2)CC1. The number of hydrogen-bond donors (Lipinski definition) is 1. The lowest BCUT2D eigenvalue weighted by atomic mass is 9.93. The van der Waals surface area contributed by atoms with Gasteiger partial charge in [0.15, 0.2) is 0 Å². The molecule has 2 atom stereocenters. The Labute approximate surface area is 111 Å². The number of rotatable bonds is 5. The molecule has 4 heteroatoms. The molecule has 0 saturated carbocycles. The highest BCUT2D eigenvalue weighted by molar-refractivity contribution is 4.83. The Morgan fingerprint density at radius 1 is 1.33 bits per heavy atom. The fourth-order valence-electron chi connectivity index (χ4n) is 3.38. The molecule has 0 amide bonds. The second-order valence-corrected chi connectivity index (χ2v) is 6.11. The van der Waals surface area contributed by atoms with E-state index < -0.39 is 0 Å². The molecular weight excluding hydrogens is 226 g/mol. The van der Waals surface area contributed by atoms with Gasteiger partial charge in [-0.1, -0.05) is 0 Å². The van der Waals surface area contributed by atoms with E-state index in [2.05, 4.69) is 23.9 Å². The van der Waals surface area contributed by atoms with Crippen molar-refractivity contribution in [2.24, 2.45) is 17.6 Å². The number of hydrogen-bond acceptors (Lipinski definition) is 4. The second-order valence-electron chi connectivity index (χ2n) is 6.11. The van der Waals surface area contributed by atoms with Crippen molar-refractivity contribution in [1.82, 2.24) is 9.80 Å². The van der Waals surface area contributed by atoms with Gasteiger partial charge in [0.05, 0.1) is 6.61 Å². The molecule has 0 aliphatic carbocycles. The quantitative estimate of drug-likeness (QED) is 0.782. The van der Waals surface area contributed by atoms with Gasteiger partial charge in [-0.25, -0.2) is 0 Å². The minimum atomic E-state index is 0.507. The van der Waals surface area contributed by atoms with Gasteiger partial charge in [0.25, 0.3) is 0 Å². The lowest BCUT2D eigenvalue weighted by Crippen LogP contribution is -2.47. The van der Waals surface area contributed by atoms with E-state index in [0.717, 1.165) is 25.7 Å². The van der Waals surface area contributed by atoms with Crippen molar-refractivity contribution < 1.29 is 4.74 Å². The smallest absolute Gasteiger partial charge is 0.0510 e. The molecule has 2 N–H and O–H groups in total. The van der Waals surface area contributed by atoms with Crippen molar-refractivity contribution in [3.63, 3.8) is 0 Å². The fraction of sp³-hybridized carbons (Fsp3) is 1.00. The number of nitrogens with zero attached hydrogens (tertiary/aromatic N) is 2. The zero-order valence-electron chi connectivity index (χ0n) is 12.0. The van der Waals surface area contributed by atoms with Crippen LogP contribution in [0.1, 0.15) is 19.3 Å². The molecule has 0 aromatic rings. The molecule has 0 radical (unpaired) electrons. The molecule has 0 spiro atoms. The lowest BCUT2D eigenvalue weighted by molar-refractivity contribution is 0.110. The lowest BCUT2D eigenvalue weighted by Gasteiger charge is -2.36. The highest BCUT2D eigenvalue weighted by Gasteiger charge is 2.29. The number of ether oxygens (including phenoxy) is 1. The third-order valence-electron chi connectivity index (χ3n) is 4.70. The van der Waals surface area contributed by atoms with Gasteiger partial charge in [-0.05, 0) is 52.4 Å². The van der Waals surface area contributed by atoms with E-state index in [1.807, 2.05) is 0 Å². The topological polar surface area (TPSA) is 41.7 Å². The Bertz CT molecular complexity index is 235. The molecule has 106 valence electrons. The summed E-state index contributed by atoms with van der Waals surface area (Å²) in [6, 6.07) is 0.507. The highest BCUT2D eigenvalue weighted by atomic mass is 16.5. The van der Waals surface area contributed by atoms with Crippen molar-refractivity contribution in [3.8, 4) is 0 Å². The van der Waals surface area contributed by atoms with E-state index >= 15 is 0 Å². The Morgan fingerprint density at radius 3 is 2.61 bits per heavy atom. The summed E-state index contributed by atoms with van der Waals surface area (Å²) in [5.74, 6) is 1.49. The molecule has 2 aliphatic heterocycles. The standard InChI is InChI=1S/C14H29N3O/c1-16-6-3-12(4-7-16)10-17(2)14(9-15)13-5-8-18-11-13/h12-14H,3-11,15H2,1-2H3. The van der Waals surface area contributed by atoms with Crippen molar-refractivity contribution >= 4 is 0 Å². The van der Waals surface area contributed by atoms with E-state index in [9.17, 15) is 0 Å². The van der Waals surface area contributed by atoms with Gasteiger partial charge < -0.3 is 20.3 Å². The summed E-state index contributed by atoms with van der Waals surface area (Å²) in [5.41, 5.74) is 5.98. The molecule has 2 saturated heterocycles. The molecular formula is C14H29N3O. The molecule has 18 heavy (non-hydrogen) atoms. The first-order chi connectivity index (χ1) is 8.70. The van der Waals surface area contributed by atoms with Crippen LogP contribution < -0.4 is 5.73 Å². The van der Waals surface area contributed by atoms with E-state index in [0.29, 0.717) is 12.0 Å². The van der Waals surface area contributed by atoms with Gasteiger partial charge in [0.2, 0.25) is 0 Å². The molecule has 2 heterocycles. The van der Waals surface area contributed by atoms with Gasteiger partial charge in [0.1, 0.15) is 0 Å². The summed E-state index contributed by atoms with van der Waals surface area (Å²) in [5, 5.41) is 0. The summed E-state index contributed by atoms with van der Waals surface area (Å²) in [6.07, 6.45) is 3.85. The monoisotopic (exact) mass is 255 g/mol. The minimum absolute atomic E-state index is 0.507. The van der Waals surface area contributed by atoms with Crippen LogP contribution in [0.2, 0.25) is 0 Å². The van der Waals surface area contributed by atoms with Gasteiger partial charge in [0, 0.05) is 31.7 Å². The number of piperidine rings is 1. The van der Waals surface area contributed by atoms with Crippen LogP contribution in [0.5, 0.6) is 0 Å². The van der Waals surface area contributed by atoms with Crippen molar-refractivity contribution in [2.75, 3.05) is 53.5 Å². The highest BCUT2D eigenvalue weighted by Crippen LogP contribution is 2.23. The summed E-state index contributed by atoms with van der Waals surface area (Å²) >= 11 is 0. The van der Waals surface area contributed by atoms with Crippen LogP contribution >= 0.6 is 0 Å². The van der Waals surface area contributed by atoms with Crippen molar-refractivity contribution in [3.05, 3.63) is 0 Å². The fourth-order valence-corrected chi connectivity index (χ4v) is 3.38.